The quantitative estimate of drug-likeness (QED) is 0.503. The molecule has 0 spiro atoms. The number of fused-ring (bicyclic) bond motifs is 1. The normalized spacial score (nSPS) is 10.9. The Hall–Kier alpha value is -2.87. The van der Waals surface area contributed by atoms with Gasteiger partial charge >= 0.3 is 0 Å². The zero-order valence-electron chi connectivity index (χ0n) is 11.4. The fourth-order valence-electron chi connectivity index (χ4n) is 2.56. The minimum absolute atomic E-state index is 0.651. The average Bonchev–Trinajstić information content (AvgIpc) is 3.05. The molecule has 3 aromatic carbocycles. The van der Waals surface area contributed by atoms with E-state index in [1.165, 1.54) is 10.8 Å². The van der Waals surface area contributed by atoms with Crippen molar-refractivity contribution in [2.24, 2.45) is 0 Å². The Morgan fingerprint density at radius 3 is 2.38 bits per heavy atom. The molecule has 1 heterocycles. The summed E-state index contributed by atoms with van der Waals surface area (Å²) < 4.78 is 5.64. The van der Waals surface area contributed by atoms with Crippen LogP contribution >= 0.6 is 0 Å². The number of aromatic nitrogens is 1. The molecule has 4 aromatic rings. The van der Waals surface area contributed by atoms with Gasteiger partial charge in [0.1, 0.15) is 12.0 Å². The predicted octanol–water partition coefficient (Wildman–Crippen LogP) is 5.16. The molecule has 2 nitrogen and oxygen atoms in total. The van der Waals surface area contributed by atoms with Gasteiger partial charge < -0.3 is 4.42 Å². The number of hydrogen-bond donors (Lipinski definition) is 0. The monoisotopic (exact) mass is 271 g/mol. The summed E-state index contributed by atoms with van der Waals surface area (Å²) >= 11 is 0. The van der Waals surface area contributed by atoms with Gasteiger partial charge in [-0.15, -0.1) is 0 Å². The zero-order chi connectivity index (χ0) is 14.1. The van der Waals surface area contributed by atoms with Crippen molar-refractivity contribution in [3.8, 4) is 22.7 Å². The minimum atomic E-state index is 0.651. The molecule has 2 heteroatoms. The summed E-state index contributed by atoms with van der Waals surface area (Å²) in [5.74, 6) is 0.651. The molecule has 0 atom stereocenters. The lowest BCUT2D eigenvalue weighted by Crippen LogP contribution is -1.82. The van der Waals surface area contributed by atoms with Crippen molar-refractivity contribution in [2.45, 2.75) is 0 Å². The van der Waals surface area contributed by atoms with Gasteiger partial charge in [0.25, 0.3) is 0 Å². The van der Waals surface area contributed by atoms with Crippen molar-refractivity contribution < 1.29 is 4.42 Å². The first kappa shape index (κ1) is 11.9. The van der Waals surface area contributed by atoms with Crippen LogP contribution in [0.5, 0.6) is 0 Å². The van der Waals surface area contributed by atoms with Gasteiger partial charge in [0.05, 0.1) is 0 Å². The third-order valence-corrected chi connectivity index (χ3v) is 3.59. The van der Waals surface area contributed by atoms with Crippen molar-refractivity contribution in [3.05, 3.63) is 79.1 Å². The van der Waals surface area contributed by atoms with Crippen molar-refractivity contribution in [1.82, 2.24) is 4.98 Å². The molecular formula is C19H13NO. The summed E-state index contributed by atoms with van der Waals surface area (Å²) in [4.78, 5) is 4.63. The van der Waals surface area contributed by atoms with Crippen LogP contribution in [0.4, 0.5) is 0 Å². The van der Waals surface area contributed by atoms with Gasteiger partial charge in [-0.1, -0.05) is 60.7 Å². The number of oxazole rings is 1. The maximum atomic E-state index is 5.64. The Morgan fingerprint density at radius 1 is 0.714 bits per heavy atom. The van der Waals surface area contributed by atoms with E-state index >= 15 is 0 Å². The summed E-state index contributed by atoms with van der Waals surface area (Å²) in [7, 11) is 0. The van der Waals surface area contributed by atoms with E-state index in [0.29, 0.717) is 5.89 Å². The number of rotatable bonds is 2. The van der Waals surface area contributed by atoms with E-state index in [0.717, 1.165) is 16.8 Å². The van der Waals surface area contributed by atoms with Gasteiger partial charge in [-0.05, 0) is 22.9 Å². The van der Waals surface area contributed by atoms with Gasteiger partial charge in [0, 0.05) is 11.1 Å². The second-order valence-electron chi connectivity index (χ2n) is 4.93. The smallest absolute Gasteiger partial charge is 0.226 e. The molecule has 0 N–H and O–H groups in total. The van der Waals surface area contributed by atoms with E-state index < -0.39 is 0 Å². The van der Waals surface area contributed by atoms with Crippen LogP contribution in [0.25, 0.3) is 33.5 Å². The van der Waals surface area contributed by atoms with Crippen LogP contribution in [0.3, 0.4) is 0 Å². The van der Waals surface area contributed by atoms with E-state index in [2.05, 4.69) is 35.3 Å². The fraction of sp³-hybridized carbons (Fsp3) is 0. The Bertz CT molecular complexity index is 888. The third kappa shape index (κ3) is 2.11. The van der Waals surface area contributed by atoms with Crippen molar-refractivity contribution in [1.29, 1.82) is 0 Å². The van der Waals surface area contributed by atoms with E-state index in [-0.39, 0.29) is 0 Å². The first-order chi connectivity index (χ1) is 10.4. The molecule has 0 saturated carbocycles. The molecule has 0 saturated heterocycles. The lowest BCUT2D eigenvalue weighted by atomic mass is 10.0. The summed E-state index contributed by atoms with van der Waals surface area (Å²) in [6, 6.07) is 24.5. The molecule has 0 fully saturated rings. The van der Waals surface area contributed by atoms with Crippen molar-refractivity contribution in [3.63, 3.8) is 0 Å². The lowest BCUT2D eigenvalue weighted by molar-refractivity contribution is 0.575. The first-order valence-corrected chi connectivity index (χ1v) is 6.91. The Labute approximate surface area is 122 Å². The SMILES string of the molecule is c1ccc(-c2nc(-c3cccc4ccccc34)co2)cc1. The average molecular weight is 271 g/mol. The highest BCUT2D eigenvalue weighted by molar-refractivity contribution is 5.95. The molecule has 0 aliphatic rings. The van der Waals surface area contributed by atoms with E-state index in [9.17, 15) is 0 Å². The molecular weight excluding hydrogens is 258 g/mol. The second kappa shape index (κ2) is 4.91. The minimum Gasteiger partial charge on any atom is -0.444 e. The van der Waals surface area contributed by atoms with Gasteiger partial charge in [0.2, 0.25) is 5.89 Å². The highest BCUT2D eigenvalue weighted by Crippen LogP contribution is 2.30. The number of benzene rings is 3. The van der Waals surface area contributed by atoms with Crippen LogP contribution in [0.1, 0.15) is 0 Å². The zero-order valence-corrected chi connectivity index (χ0v) is 11.4. The van der Waals surface area contributed by atoms with Gasteiger partial charge in [-0.3, -0.25) is 0 Å². The summed E-state index contributed by atoms with van der Waals surface area (Å²) in [6.07, 6.45) is 1.73. The topological polar surface area (TPSA) is 26.0 Å². The molecule has 0 amide bonds. The molecule has 4 rings (SSSR count). The fourth-order valence-corrected chi connectivity index (χ4v) is 2.56. The van der Waals surface area contributed by atoms with Crippen LogP contribution in [0.15, 0.2) is 83.5 Å². The molecule has 0 unspecified atom stereocenters. The Morgan fingerprint density at radius 2 is 1.48 bits per heavy atom. The van der Waals surface area contributed by atoms with Crippen molar-refractivity contribution in [2.75, 3.05) is 0 Å². The molecule has 0 bridgehead atoms. The van der Waals surface area contributed by atoms with Crippen molar-refractivity contribution >= 4 is 10.8 Å². The summed E-state index contributed by atoms with van der Waals surface area (Å²) in [6.45, 7) is 0. The molecule has 0 aliphatic heterocycles. The van der Waals surface area contributed by atoms with Crippen LogP contribution in [-0.2, 0) is 0 Å². The molecule has 100 valence electrons. The van der Waals surface area contributed by atoms with Crippen LogP contribution < -0.4 is 0 Å². The molecule has 0 aliphatic carbocycles. The second-order valence-corrected chi connectivity index (χ2v) is 4.93. The third-order valence-electron chi connectivity index (χ3n) is 3.59. The Balaban J connectivity index is 1.85. The predicted molar refractivity (Wildman–Crippen MR) is 84.9 cm³/mol. The molecule has 0 radical (unpaired) electrons. The van der Waals surface area contributed by atoms with Crippen LogP contribution in [0.2, 0.25) is 0 Å². The summed E-state index contributed by atoms with van der Waals surface area (Å²) in [5.41, 5.74) is 2.95. The Kier molecular flexibility index (Phi) is 2.79. The largest absolute Gasteiger partial charge is 0.444 e. The standard InChI is InChI=1S/C19H13NO/c1-2-8-15(9-3-1)19-20-18(13-21-19)17-12-6-10-14-7-4-5-11-16(14)17/h1-13H. The van der Waals surface area contributed by atoms with Crippen LogP contribution in [-0.4, -0.2) is 4.98 Å². The molecule has 21 heavy (non-hydrogen) atoms. The maximum absolute atomic E-state index is 5.64. The lowest BCUT2D eigenvalue weighted by Gasteiger charge is -2.02. The van der Waals surface area contributed by atoms with E-state index in [1.807, 2.05) is 42.5 Å². The highest BCUT2D eigenvalue weighted by Gasteiger charge is 2.10. The first-order valence-electron chi connectivity index (χ1n) is 6.91. The van der Waals surface area contributed by atoms with E-state index in [1.54, 1.807) is 6.26 Å². The molecule has 1 aromatic heterocycles. The number of hydrogen-bond acceptors (Lipinski definition) is 2. The maximum Gasteiger partial charge on any atom is 0.226 e. The van der Waals surface area contributed by atoms with Crippen LogP contribution in [0, 0.1) is 0 Å². The van der Waals surface area contributed by atoms with Gasteiger partial charge in [-0.2, -0.15) is 0 Å². The number of nitrogens with zero attached hydrogens (tertiary/aromatic N) is 1. The van der Waals surface area contributed by atoms with E-state index in [4.69, 9.17) is 4.42 Å². The van der Waals surface area contributed by atoms with Gasteiger partial charge in [0.15, 0.2) is 0 Å². The summed E-state index contributed by atoms with van der Waals surface area (Å²) in [5, 5.41) is 2.40. The van der Waals surface area contributed by atoms with Gasteiger partial charge in [-0.25, -0.2) is 4.98 Å². The highest BCUT2D eigenvalue weighted by atomic mass is 16.3.